The molecule has 8 heteroatoms. The lowest BCUT2D eigenvalue weighted by Gasteiger charge is -2.12. The number of halogens is 3. The second-order valence-corrected chi connectivity index (χ2v) is 5.92. The molecule has 0 N–H and O–H groups in total. The molecule has 5 nitrogen and oxygen atoms in total. The first-order valence-electron chi connectivity index (χ1n) is 8.47. The number of nitrogens with zero attached hydrogens (tertiary/aromatic N) is 1. The van der Waals surface area contributed by atoms with Crippen LogP contribution in [-0.2, 0) is 11.3 Å². The summed E-state index contributed by atoms with van der Waals surface area (Å²) in [6, 6.07) is 17.4. The number of aromatic nitrogens is 1. The lowest BCUT2D eigenvalue weighted by Crippen LogP contribution is -2.17. The predicted octanol–water partition coefficient (Wildman–Crippen LogP) is 5.01. The largest absolute Gasteiger partial charge is 0.573 e. The fourth-order valence-electron chi connectivity index (χ4n) is 2.55. The van der Waals surface area contributed by atoms with Gasteiger partial charge in [-0.2, -0.15) is 0 Å². The zero-order valence-electron chi connectivity index (χ0n) is 15.3. The molecule has 150 valence electrons. The maximum absolute atomic E-state index is 12.5. The number of carbonyl (C=O) groups is 1. The number of rotatable bonds is 6. The van der Waals surface area contributed by atoms with Crippen LogP contribution in [0.5, 0.6) is 11.6 Å². The molecule has 0 spiro atoms. The minimum absolute atomic E-state index is 0.133. The number of hydrogen-bond donors (Lipinski definition) is 0. The number of methoxy groups -OCH3 is 1. The maximum Gasteiger partial charge on any atom is 0.573 e. The van der Waals surface area contributed by atoms with E-state index in [0.29, 0.717) is 5.56 Å². The summed E-state index contributed by atoms with van der Waals surface area (Å²) >= 11 is 0. The number of ether oxygens (including phenoxy) is 3. The van der Waals surface area contributed by atoms with Crippen molar-refractivity contribution in [1.29, 1.82) is 0 Å². The molecule has 0 aliphatic rings. The topological polar surface area (TPSA) is 57.7 Å². The van der Waals surface area contributed by atoms with Gasteiger partial charge in [0.25, 0.3) is 0 Å². The van der Waals surface area contributed by atoms with E-state index in [1.54, 1.807) is 6.07 Å². The number of esters is 1. The zero-order valence-corrected chi connectivity index (χ0v) is 15.3. The lowest BCUT2D eigenvalue weighted by atomic mass is 10.1. The highest BCUT2D eigenvalue weighted by Gasteiger charge is 2.31. The van der Waals surface area contributed by atoms with Gasteiger partial charge < -0.3 is 14.2 Å². The van der Waals surface area contributed by atoms with Gasteiger partial charge in [0.2, 0.25) is 5.88 Å². The van der Waals surface area contributed by atoms with Gasteiger partial charge in [-0.1, -0.05) is 42.5 Å². The zero-order chi connectivity index (χ0) is 20.9. The first-order valence-corrected chi connectivity index (χ1v) is 8.47. The molecule has 0 aliphatic carbocycles. The van der Waals surface area contributed by atoms with Gasteiger partial charge in [0.05, 0.1) is 18.4 Å². The van der Waals surface area contributed by atoms with E-state index in [9.17, 15) is 18.0 Å². The Hall–Kier alpha value is -3.55. The Bertz CT molecular complexity index is 991. The fourth-order valence-corrected chi connectivity index (χ4v) is 2.55. The molecular formula is C21H16F3NO4. The summed E-state index contributed by atoms with van der Waals surface area (Å²) in [5, 5.41) is 0. The van der Waals surface area contributed by atoms with Gasteiger partial charge >= 0.3 is 12.3 Å². The summed E-state index contributed by atoms with van der Waals surface area (Å²) in [5.41, 5.74) is 1.60. The molecule has 0 bridgehead atoms. The molecule has 0 radical (unpaired) electrons. The third-order valence-electron chi connectivity index (χ3n) is 3.82. The first-order chi connectivity index (χ1) is 13.8. The smallest absolute Gasteiger partial charge is 0.473 e. The van der Waals surface area contributed by atoms with Crippen molar-refractivity contribution < 1.29 is 32.2 Å². The van der Waals surface area contributed by atoms with E-state index in [4.69, 9.17) is 9.47 Å². The molecule has 1 aromatic heterocycles. The van der Waals surface area contributed by atoms with Crippen molar-refractivity contribution in [3.05, 3.63) is 77.9 Å². The molecule has 3 aromatic rings. The standard InChI is InChI=1S/C21H16F3NO4/c1-27-20(26)16-11-18(15-8-5-9-17(10-15)29-21(22,23)24)25-19(12-16)28-13-14-6-3-2-4-7-14/h2-12H,13H2,1H3. The van der Waals surface area contributed by atoms with E-state index >= 15 is 0 Å². The lowest BCUT2D eigenvalue weighted by molar-refractivity contribution is -0.274. The molecule has 0 aliphatic heterocycles. The van der Waals surface area contributed by atoms with Gasteiger partial charge in [-0.15, -0.1) is 13.2 Å². The normalized spacial score (nSPS) is 11.0. The number of pyridine rings is 1. The summed E-state index contributed by atoms with van der Waals surface area (Å²) in [7, 11) is 1.23. The molecule has 0 saturated heterocycles. The Labute approximate surface area is 164 Å². The quantitative estimate of drug-likeness (QED) is 0.542. The van der Waals surface area contributed by atoms with Crippen molar-refractivity contribution in [2.45, 2.75) is 13.0 Å². The Morgan fingerprint density at radius 2 is 1.76 bits per heavy atom. The SMILES string of the molecule is COC(=O)c1cc(OCc2ccccc2)nc(-c2cccc(OC(F)(F)F)c2)c1. The molecule has 29 heavy (non-hydrogen) atoms. The Morgan fingerprint density at radius 3 is 2.45 bits per heavy atom. The average Bonchev–Trinajstić information content (AvgIpc) is 2.71. The molecule has 0 fully saturated rings. The minimum atomic E-state index is -4.82. The van der Waals surface area contributed by atoms with E-state index in [-0.39, 0.29) is 23.7 Å². The fraction of sp³-hybridized carbons (Fsp3) is 0.143. The maximum atomic E-state index is 12.5. The van der Waals surface area contributed by atoms with Gasteiger partial charge in [-0.3, -0.25) is 0 Å². The van der Waals surface area contributed by atoms with E-state index in [1.807, 2.05) is 30.3 Å². The van der Waals surface area contributed by atoms with E-state index in [1.165, 1.54) is 37.4 Å². The summed E-state index contributed by atoms with van der Waals surface area (Å²) in [5.74, 6) is -0.887. The Balaban J connectivity index is 1.93. The van der Waals surface area contributed by atoms with E-state index in [2.05, 4.69) is 9.72 Å². The van der Waals surface area contributed by atoms with Crippen LogP contribution in [-0.4, -0.2) is 24.4 Å². The number of alkyl halides is 3. The van der Waals surface area contributed by atoms with Crippen LogP contribution < -0.4 is 9.47 Å². The minimum Gasteiger partial charge on any atom is -0.473 e. The Morgan fingerprint density at radius 1 is 1.00 bits per heavy atom. The monoisotopic (exact) mass is 403 g/mol. The molecule has 0 saturated carbocycles. The van der Waals surface area contributed by atoms with Gasteiger partial charge in [-0.05, 0) is 23.8 Å². The van der Waals surface area contributed by atoms with Gasteiger partial charge in [-0.25, -0.2) is 9.78 Å². The van der Waals surface area contributed by atoms with Crippen LogP contribution in [0.3, 0.4) is 0 Å². The average molecular weight is 403 g/mol. The van der Waals surface area contributed by atoms with Crippen molar-refractivity contribution in [1.82, 2.24) is 4.98 Å². The molecule has 0 amide bonds. The second kappa shape index (κ2) is 8.64. The van der Waals surface area contributed by atoms with Crippen molar-refractivity contribution in [2.24, 2.45) is 0 Å². The highest BCUT2D eigenvalue weighted by atomic mass is 19.4. The molecule has 1 heterocycles. The summed E-state index contributed by atoms with van der Waals surface area (Å²) in [6.45, 7) is 0.204. The first kappa shape index (κ1) is 20.2. The van der Waals surface area contributed by atoms with Crippen molar-refractivity contribution in [2.75, 3.05) is 7.11 Å². The van der Waals surface area contributed by atoms with Crippen LogP contribution in [0.15, 0.2) is 66.7 Å². The van der Waals surface area contributed by atoms with Crippen molar-refractivity contribution in [3.8, 4) is 22.9 Å². The third-order valence-corrected chi connectivity index (χ3v) is 3.82. The summed E-state index contributed by atoms with van der Waals surface area (Å²) < 4.78 is 51.9. The Kier molecular flexibility index (Phi) is 6.01. The third kappa shape index (κ3) is 5.71. The van der Waals surface area contributed by atoms with Crippen LogP contribution in [0.25, 0.3) is 11.3 Å². The van der Waals surface area contributed by atoms with E-state index < -0.39 is 18.1 Å². The predicted molar refractivity (Wildman–Crippen MR) is 98.5 cm³/mol. The highest BCUT2D eigenvalue weighted by Crippen LogP contribution is 2.29. The number of benzene rings is 2. The summed E-state index contributed by atoms with van der Waals surface area (Å²) in [4.78, 5) is 16.3. The number of hydrogen-bond acceptors (Lipinski definition) is 5. The van der Waals surface area contributed by atoms with E-state index in [0.717, 1.165) is 5.56 Å². The molecule has 3 rings (SSSR count). The van der Waals surface area contributed by atoms with Crippen molar-refractivity contribution >= 4 is 5.97 Å². The van der Waals surface area contributed by atoms with Gasteiger partial charge in [0.15, 0.2) is 0 Å². The van der Waals surface area contributed by atoms with Crippen LogP contribution in [0, 0.1) is 0 Å². The van der Waals surface area contributed by atoms with Crippen LogP contribution in [0.4, 0.5) is 13.2 Å². The van der Waals surface area contributed by atoms with Crippen molar-refractivity contribution in [3.63, 3.8) is 0 Å². The number of carbonyl (C=O) groups excluding carboxylic acids is 1. The van der Waals surface area contributed by atoms with Gasteiger partial charge in [0.1, 0.15) is 12.4 Å². The second-order valence-electron chi connectivity index (χ2n) is 5.92. The molecule has 2 aromatic carbocycles. The highest BCUT2D eigenvalue weighted by molar-refractivity contribution is 5.91. The van der Waals surface area contributed by atoms with Crippen LogP contribution in [0.2, 0.25) is 0 Å². The van der Waals surface area contributed by atoms with Crippen LogP contribution in [0.1, 0.15) is 15.9 Å². The molecule has 0 unspecified atom stereocenters. The van der Waals surface area contributed by atoms with Crippen LogP contribution >= 0.6 is 0 Å². The molecular weight excluding hydrogens is 387 g/mol. The van der Waals surface area contributed by atoms with Gasteiger partial charge in [0, 0.05) is 11.6 Å². The molecule has 0 atom stereocenters. The summed E-state index contributed by atoms with van der Waals surface area (Å²) in [6.07, 6.45) is -4.82.